The minimum absolute atomic E-state index is 0.0352. The summed E-state index contributed by atoms with van der Waals surface area (Å²) in [6.07, 6.45) is 3.97. The van der Waals surface area contributed by atoms with Crippen molar-refractivity contribution in [3.63, 3.8) is 0 Å². The van der Waals surface area contributed by atoms with Crippen LogP contribution in [0.4, 0.5) is 0 Å². The van der Waals surface area contributed by atoms with Gasteiger partial charge in [0.15, 0.2) is 6.10 Å². The smallest absolute Gasteiger partial charge is 0.354 e. The third-order valence-electron chi connectivity index (χ3n) is 3.28. The van der Waals surface area contributed by atoms with Crippen LogP contribution in [0.1, 0.15) is 36.7 Å². The Morgan fingerprint density at radius 1 is 1.30 bits per heavy atom. The summed E-state index contributed by atoms with van der Waals surface area (Å²) in [6, 6.07) is 2.87. The summed E-state index contributed by atoms with van der Waals surface area (Å²) in [5.41, 5.74) is -0.0487. The van der Waals surface area contributed by atoms with E-state index in [1.54, 1.807) is 6.92 Å². The molecule has 2 rings (SSSR count). The predicted molar refractivity (Wildman–Crippen MR) is 71.7 cm³/mol. The van der Waals surface area contributed by atoms with E-state index in [-0.39, 0.29) is 11.6 Å². The molecule has 1 N–H and O–H groups in total. The molecule has 1 aliphatic rings. The van der Waals surface area contributed by atoms with E-state index < -0.39 is 12.1 Å². The average molecular weight is 278 g/mol. The van der Waals surface area contributed by atoms with Crippen LogP contribution in [0.2, 0.25) is 0 Å². The topological polar surface area (TPSA) is 79.7 Å². The molecule has 1 saturated heterocycles. The number of aromatic nitrogens is 1. The van der Waals surface area contributed by atoms with Crippen LogP contribution in [-0.2, 0) is 4.79 Å². The van der Waals surface area contributed by atoms with Crippen LogP contribution < -0.4 is 4.74 Å². The number of likely N-dealkylation sites (tertiary alicyclic amines) is 1. The first-order valence-corrected chi connectivity index (χ1v) is 6.72. The van der Waals surface area contributed by atoms with Gasteiger partial charge in [0.05, 0.1) is 6.20 Å². The minimum Gasteiger partial charge on any atom is -0.479 e. The van der Waals surface area contributed by atoms with Crippen LogP contribution in [0.25, 0.3) is 0 Å². The van der Waals surface area contributed by atoms with Gasteiger partial charge >= 0.3 is 5.97 Å². The Labute approximate surface area is 117 Å². The number of rotatable bonds is 4. The van der Waals surface area contributed by atoms with Gasteiger partial charge in [-0.1, -0.05) is 0 Å². The lowest BCUT2D eigenvalue weighted by Crippen LogP contribution is -2.43. The van der Waals surface area contributed by atoms with E-state index in [0.29, 0.717) is 5.75 Å². The molecule has 2 heterocycles. The number of carboxylic acids is 1. The van der Waals surface area contributed by atoms with Gasteiger partial charge in [-0.2, -0.15) is 0 Å². The number of carboxylic acid groups (broad SMARTS) is 1. The lowest BCUT2D eigenvalue weighted by atomic mass is 10.1. The lowest BCUT2D eigenvalue weighted by Gasteiger charge is -2.29. The number of hydrogen-bond donors (Lipinski definition) is 1. The molecular formula is C14H18N2O4. The van der Waals surface area contributed by atoms with Gasteiger partial charge in [0, 0.05) is 13.1 Å². The number of carbonyl (C=O) groups excluding carboxylic acids is 1. The normalized spacial score (nSPS) is 16.6. The van der Waals surface area contributed by atoms with Crippen molar-refractivity contribution in [1.29, 1.82) is 0 Å². The number of ether oxygens (including phenoxy) is 1. The molecule has 1 amide bonds. The highest BCUT2D eigenvalue weighted by molar-refractivity contribution is 5.85. The van der Waals surface area contributed by atoms with Gasteiger partial charge in [-0.15, -0.1) is 0 Å². The van der Waals surface area contributed by atoms with Gasteiger partial charge in [-0.3, -0.25) is 4.79 Å². The molecule has 0 radical (unpaired) electrons. The zero-order chi connectivity index (χ0) is 14.5. The van der Waals surface area contributed by atoms with E-state index in [0.717, 1.165) is 25.9 Å². The molecule has 0 aromatic carbocycles. The highest BCUT2D eigenvalue weighted by Gasteiger charge is 2.23. The minimum atomic E-state index is -1.09. The maximum atomic E-state index is 12.2. The molecule has 20 heavy (non-hydrogen) atoms. The van der Waals surface area contributed by atoms with Gasteiger partial charge in [0.1, 0.15) is 11.4 Å². The van der Waals surface area contributed by atoms with Crippen molar-refractivity contribution in [1.82, 2.24) is 9.88 Å². The van der Waals surface area contributed by atoms with Gasteiger partial charge < -0.3 is 14.7 Å². The summed E-state index contributed by atoms with van der Waals surface area (Å²) >= 11 is 0. The fourth-order valence-electron chi connectivity index (χ4n) is 2.20. The van der Waals surface area contributed by atoms with Gasteiger partial charge in [-0.05, 0) is 38.3 Å². The molecule has 0 aliphatic carbocycles. The monoisotopic (exact) mass is 278 g/mol. The maximum absolute atomic E-state index is 12.2. The standard InChI is InChI=1S/C14H18N2O4/c1-10(13(17)16-7-3-2-4-8-16)20-11-5-6-12(14(18)19)15-9-11/h5-6,9-10H,2-4,7-8H2,1H3,(H,18,19). The first kappa shape index (κ1) is 14.3. The molecule has 0 saturated carbocycles. The summed E-state index contributed by atoms with van der Waals surface area (Å²) in [6.45, 7) is 3.26. The van der Waals surface area contributed by atoms with E-state index >= 15 is 0 Å². The van der Waals surface area contributed by atoms with E-state index in [1.807, 2.05) is 4.90 Å². The Balaban J connectivity index is 1.94. The molecule has 1 aromatic heterocycles. The molecule has 108 valence electrons. The second kappa shape index (κ2) is 6.36. The van der Waals surface area contributed by atoms with Crippen molar-refractivity contribution < 1.29 is 19.4 Å². The van der Waals surface area contributed by atoms with Crippen LogP contribution in [0.3, 0.4) is 0 Å². The second-order valence-corrected chi connectivity index (χ2v) is 4.83. The quantitative estimate of drug-likeness (QED) is 0.904. The number of aromatic carboxylic acids is 1. The van der Waals surface area contributed by atoms with Crippen molar-refractivity contribution in [2.45, 2.75) is 32.3 Å². The first-order valence-electron chi connectivity index (χ1n) is 6.72. The molecule has 1 atom stereocenters. The summed E-state index contributed by atoms with van der Waals surface area (Å²) < 4.78 is 5.52. The Morgan fingerprint density at radius 2 is 2.00 bits per heavy atom. The van der Waals surface area contributed by atoms with E-state index in [2.05, 4.69) is 4.98 Å². The third-order valence-corrected chi connectivity index (χ3v) is 3.28. The molecule has 1 aliphatic heterocycles. The first-order chi connectivity index (χ1) is 9.58. The van der Waals surface area contributed by atoms with E-state index in [4.69, 9.17) is 9.84 Å². The molecule has 1 fully saturated rings. The lowest BCUT2D eigenvalue weighted by molar-refractivity contribution is -0.138. The average Bonchev–Trinajstić information content (AvgIpc) is 2.48. The summed E-state index contributed by atoms with van der Waals surface area (Å²) in [5, 5.41) is 8.75. The van der Waals surface area contributed by atoms with Crippen molar-refractivity contribution in [3.8, 4) is 5.75 Å². The number of carbonyl (C=O) groups is 2. The van der Waals surface area contributed by atoms with Crippen LogP contribution >= 0.6 is 0 Å². The maximum Gasteiger partial charge on any atom is 0.354 e. The molecule has 6 heteroatoms. The number of piperidine rings is 1. The fraction of sp³-hybridized carbons (Fsp3) is 0.500. The van der Waals surface area contributed by atoms with Crippen LogP contribution in [0, 0.1) is 0 Å². The zero-order valence-corrected chi connectivity index (χ0v) is 11.4. The van der Waals surface area contributed by atoms with Crippen molar-refractivity contribution in [3.05, 3.63) is 24.0 Å². The van der Waals surface area contributed by atoms with Crippen LogP contribution in [0.5, 0.6) is 5.75 Å². The van der Waals surface area contributed by atoms with Crippen LogP contribution in [-0.4, -0.2) is 46.1 Å². The Bertz CT molecular complexity index is 480. The molecule has 0 spiro atoms. The molecular weight excluding hydrogens is 260 g/mol. The predicted octanol–water partition coefficient (Wildman–Crippen LogP) is 1.56. The van der Waals surface area contributed by atoms with Crippen molar-refractivity contribution in [2.75, 3.05) is 13.1 Å². The molecule has 0 bridgehead atoms. The summed E-state index contributed by atoms with van der Waals surface area (Å²) in [4.78, 5) is 28.4. The number of nitrogens with zero attached hydrogens (tertiary/aromatic N) is 2. The fourth-order valence-corrected chi connectivity index (χ4v) is 2.20. The van der Waals surface area contributed by atoms with E-state index in [9.17, 15) is 9.59 Å². The zero-order valence-electron chi connectivity index (χ0n) is 11.4. The number of pyridine rings is 1. The van der Waals surface area contributed by atoms with Gasteiger partial charge in [-0.25, -0.2) is 9.78 Å². The molecule has 1 unspecified atom stereocenters. The SMILES string of the molecule is CC(Oc1ccc(C(=O)O)nc1)C(=O)N1CCCCC1. The third kappa shape index (κ3) is 3.46. The second-order valence-electron chi connectivity index (χ2n) is 4.83. The Kier molecular flexibility index (Phi) is 4.55. The van der Waals surface area contributed by atoms with Gasteiger partial charge in [0.25, 0.3) is 5.91 Å². The summed E-state index contributed by atoms with van der Waals surface area (Å²) in [5.74, 6) is -0.728. The highest BCUT2D eigenvalue weighted by Crippen LogP contribution is 2.15. The van der Waals surface area contributed by atoms with Crippen LogP contribution in [0.15, 0.2) is 18.3 Å². The number of amides is 1. The van der Waals surface area contributed by atoms with E-state index in [1.165, 1.54) is 24.8 Å². The van der Waals surface area contributed by atoms with Crippen molar-refractivity contribution >= 4 is 11.9 Å². The van der Waals surface area contributed by atoms with Gasteiger partial charge in [0.2, 0.25) is 0 Å². The van der Waals surface area contributed by atoms with Crippen molar-refractivity contribution in [2.24, 2.45) is 0 Å². The Hall–Kier alpha value is -2.11. The highest BCUT2D eigenvalue weighted by atomic mass is 16.5. The number of hydrogen-bond acceptors (Lipinski definition) is 4. The molecule has 6 nitrogen and oxygen atoms in total. The molecule has 1 aromatic rings. The summed E-state index contributed by atoms with van der Waals surface area (Å²) in [7, 11) is 0. The Morgan fingerprint density at radius 3 is 2.55 bits per heavy atom. The largest absolute Gasteiger partial charge is 0.479 e.